The van der Waals surface area contributed by atoms with Gasteiger partial charge in [0, 0.05) is 0 Å². The van der Waals surface area contributed by atoms with Crippen LogP contribution in [-0.2, 0) is 25.7 Å². The minimum Gasteiger partial charge on any atom is -0.460 e. The van der Waals surface area contributed by atoms with E-state index < -0.39 is 11.0 Å². The van der Waals surface area contributed by atoms with Gasteiger partial charge in [-0.3, -0.25) is 9.59 Å². The molecule has 23 heavy (non-hydrogen) atoms. The summed E-state index contributed by atoms with van der Waals surface area (Å²) in [7, 11) is 0. The van der Waals surface area contributed by atoms with Gasteiger partial charge in [0.25, 0.3) is 0 Å². The van der Waals surface area contributed by atoms with Crippen molar-refractivity contribution >= 4 is 11.9 Å². The van der Waals surface area contributed by atoms with Crippen LogP contribution in [0.15, 0.2) is 30.3 Å². The molecule has 0 N–H and O–H groups in total. The Bertz CT molecular complexity index is 536. The first-order chi connectivity index (χ1) is 10.8. The molecule has 1 aromatic rings. The first-order valence-corrected chi connectivity index (χ1v) is 8.24. The van der Waals surface area contributed by atoms with Crippen molar-refractivity contribution in [1.82, 2.24) is 0 Å². The van der Waals surface area contributed by atoms with Crippen LogP contribution in [0.3, 0.4) is 0 Å². The fourth-order valence-electron chi connectivity index (χ4n) is 3.03. The quantitative estimate of drug-likeness (QED) is 0.769. The monoisotopic (exact) mass is 318 g/mol. The Balaban J connectivity index is 1.99. The van der Waals surface area contributed by atoms with Gasteiger partial charge in [-0.15, -0.1) is 0 Å². The van der Waals surface area contributed by atoms with E-state index in [4.69, 9.17) is 9.47 Å². The van der Waals surface area contributed by atoms with Crippen LogP contribution in [0.1, 0.15) is 58.4 Å². The molecule has 4 nitrogen and oxygen atoms in total. The fourth-order valence-corrected chi connectivity index (χ4v) is 3.03. The average molecular weight is 318 g/mol. The van der Waals surface area contributed by atoms with Gasteiger partial charge < -0.3 is 9.47 Å². The third-order valence-electron chi connectivity index (χ3n) is 4.11. The van der Waals surface area contributed by atoms with Gasteiger partial charge in [-0.25, -0.2) is 0 Å². The van der Waals surface area contributed by atoms with Crippen molar-refractivity contribution in [3.63, 3.8) is 0 Å². The number of ether oxygens (including phenoxy) is 2. The molecule has 126 valence electrons. The minimum atomic E-state index is -0.711. The number of rotatable bonds is 5. The maximum atomic E-state index is 12.6. The van der Waals surface area contributed by atoms with Gasteiger partial charge in [0.2, 0.25) is 0 Å². The Kier molecular flexibility index (Phi) is 5.45. The van der Waals surface area contributed by atoms with Gasteiger partial charge in [-0.1, -0.05) is 43.2 Å². The highest BCUT2D eigenvalue weighted by molar-refractivity contribution is 5.84. The van der Waals surface area contributed by atoms with Crippen molar-refractivity contribution in [2.75, 3.05) is 0 Å². The molecule has 0 radical (unpaired) electrons. The molecular formula is C19H26O4. The summed E-state index contributed by atoms with van der Waals surface area (Å²) in [6.07, 6.45) is 3.39. The van der Waals surface area contributed by atoms with E-state index in [1.807, 2.05) is 51.1 Å². The summed E-state index contributed by atoms with van der Waals surface area (Å²) in [5.41, 5.74) is -0.298. The number of benzene rings is 1. The van der Waals surface area contributed by atoms with Gasteiger partial charge in [-0.2, -0.15) is 0 Å². The molecule has 0 saturated heterocycles. The van der Waals surface area contributed by atoms with Crippen LogP contribution < -0.4 is 0 Å². The van der Waals surface area contributed by atoms with Crippen molar-refractivity contribution in [1.29, 1.82) is 0 Å². The number of carbonyl (C=O) groups is 2. The van der Waals surface area contributed by atoms with Crippen LogP contribution in [0.2, 0.25) is 0 Å². The number of hydrogen-bond donors (Lipinski definition) is 0. The third kappa shape index (κ3) is 5.08. The van der Waals surface area contributed by atoms with E-state index in [-0.39, 0.29) is 25.0 Å². The molecule has 1 aromatic carbocycles. The summed E-state index contributed by atoms with van der Waals surface area (Å²) in [6, 6.07) is 9.58. The Labute approximate surface area is 138 Å². The van der Waals surface area contributed by atoms with Crippen molar-refractivity contribution in [3.05, 3.63) is 35.9 Å². The first-order valence-electron chi connectivity index (χ1n) is 8.24. The van der Waals surface area contributed by atoms with Crippen molar-refractivity contribution in [3.8, 4) is 0 Å². The average Bonchev–Trinajstić information content (AvgIpc) is 2.93. The van der Waals surface area contributed by atoms with Gasteiger partial charge >= 0.3 is 11.9 Å². The molecular weight excluding hydrogens is 292 g/mol. The zero-order valence-corrected chi connectivity index (χ0v) is 14.3. The lowest BCUT2D eigenvalue weighted by molar-refractivity contribution is -0.168. The predicted octanol–water partition coefficient (Wildman–Crippen LogP) is 4.02. The third-order valence-corrected chi connectivity index (χ3v) is 4.11. The highest BCUT2D eigenvalue weighted by Gasteiger charge is 2.45. The Morgan fingerprint density at radius 2 is 1.70 bits per heavy atom. The van der Waals surface area contributed by atoms with E-state index in [1.54, 1.807) is 0 Å². The lowest BCUT2D eigenvalue weighted by Crippen LogP contribution is -2.35. The summed E-state index contributed by atoms with van der Waals surface area (Å²) in [5, 5.41) is 0. The molecule has 0 amide bonds. The molecule has 2 rings (SSSR count). The first kappa shape index (κ1) is 17.5. The molecule has 4 heteroatoms. The van der Waals surface area contributed by atoms with Gasteiger partial charge in [0.15, 0.2) is 0 Å². The predicted molar refractivity (Wildman–Crippen MR) is 87.6 cm³/mol. The largest absolute Gasteiger partial charge is 0.460 e. The topological polar surface area (TPSA) is 52.6 Å². The van der Waals surface area contributed by atoms with E-state index in [9.17, 15) is 9.59 Å². The number of carbonyl (C=O) groups excluding carboxylic acids is 2. The summed E-state index contributed by atoms with van der Waals surface area (Å²) < 4.78 is 10.9. The van der Waals surface area contributed by atoms with Crippen molar-refractivity contribution in [2.45, 2.75) is 65.1 Å². The molecule has 0 spiro atoms. The van der Waals surface area contributed by atoms with E-state index in [0.29, 0.717) is 12.8 Å². The smallest absolute Gasteiger partial charge is 0.312 e. The van der Waals surface area contributed by atoms with Crippen LogP contribution in [0.5, 0.6) is 0 Å². The molecule has 0 atom stereocenters. The zero-order chi connectivity index (χ0) is 16.9. The van der Waals surface area contributed by atoms with E-state index in [0.717, 1.165) is 18.4 Å². The standard InChI is InChI=1S/C19H26O4/c1-18(2,3)23-16(20)13-19(11-7-8-12-19)17(21)22-14-15-9-5-4-6-10-15/h4-6,9-10H,7-8,11-14H2,1-3H3. The molecule has 0 aromatic heterocycles. The summed E-state index contributed by atoms with van der Waals surface area (Å²) >= 11 is 0. The molecule has 1 fully saturated rings. The maximum Gasteiger partial charge on any atom is 0.312 e. The highest BCUT2D eigenvalue weighted by atomic mass is 16.6. The summed E-state index contributed by atoms with van der Waals surface area (Å²) in [5.74, 6) is -0.597. The van der Waals surface area contributed by atoms with Crippen molar-refractivity contribution in [2.24, 2.45) is 5.41 Å². The van der Waals surface area contributed by atoms with E-state index in [2.05, 4.69) is 0 Å². The van der Waals surface area contributed by atoms with E-state index in [1.165, 1.54) is 0 Å². The minimum absolute atomic E-state index is 0.109. The Hall–Kier alpha value is -1.84. The zero-order valence-electron chi connectivity index (χ0n) is 14.3. The number of esters is 2. The lowest BCUT2D eigenvalue weighted by atomic mass is 9.82. The molecule has 0 unspecified atom stereocenters. The highest BCUT2D eigenvalue weighted by Crippen LogP contribution is 2.43. The van der Waals surface area contributed by atoms with E-state index >= 15 is 0 Å². The second-order valence-corrected chi connectivity index (χ2v) is 7.31. The Morgan fingerprint density at radius 1 is 1.09 bits per heavy atom. The molecule has 0 aliphatic heterocycles. The number of hydrogen-bond acceptors (Lipinski definition) is 4. The molecule has 1 aliphatic rings. The SMILES string of the molecule is CC(C)(C)OC(=O)CC1(C(=O)OCc2ccccc2)CCCC1. The fraction of sp³-hybridized carbons (Fsp3) is 0.579. The van der Waals surface area contributed by atoms with Gasteiger partial charge in [0.05, 0.1) is 11.8 Å². The second-order valence-electron chi connectivity index (χ2n) is 7.31. The van der Waals surface area contributed by atoms with Crippen LogP contribution in [0.25, 0.3) is 0 Å². The molecule has 1 aliphatic carbocycles. The van der Waals surface area contributed by atoms with Crippen LogP contribution in [-0.4, -0.2) is 17.5 Å². The molecule has 0 bridgehead atoms. The lowest BCUT2D eigenvalue weighted by Gasteiger charge is -2.28. The Morgan fingerprint density at radius 3 is 2.26 bits per heavy atom. The summed E-state index contributed by atoms with van der Waals surface area (Å²) in [4.78, 5) is 24.8. The maximum absolute atomic E-state index is 12.6. The van der Waals surface area contributed by atoms with Crippen molar-refractivity contribution < 1.29 is 19.1 Å². The van der Waals surface area contributed by atoms with Crippen LogP contribution >= 0.6 is 0 Å². The molecule has 1 saturated carbocycles. The second kappa shape index (κ2) is 7.16. The normalized spacial score (nSPS) is 16.8. The van der Waals surface area contributed by atoms with Crippen LogP contribution in [0.4, 0.5) is 0 Å². The summed E-state index contributed by atoms with van der Waals surface area (Å²) in [6.45, 7) is 5.75. The van der Waals surface area contributed by atoms with Gasteiger partial charge in [0.1, 0.15) is 12.2 Å². The molecule has 0 heterocycles. The van der Waals surface area contributed by atoms with Crippen LogP contribution in [0, 0.1) is 5.41 Å². The van der Waals surface area contributed by atoms with Gasteiger partial charge in [-0.05, 0) is 39.2 Å².